The number of amides is 1. The molecule has 1 atom stereocenters. The maximum atomic E-state index is 12.6. The topological polar surface area (TPSA) is 55.4 Å². The lowest BCUT2D eigenvalue weighted by atomic mass is 9.98. The average molecular weight is 359 g/mol. The van der Waals surface area contributed by atoms with Crippen molar-refractivity contribution in [2.75, 3.05) is 0 Å². The van der Waals surface area contributed by atoms with Gasteiger partial charge in [-0.2, -0.15) is 0 Å². The normalized spacial score (nSPS) is 11.4. The van der Waals surface area contributed by atoms with Crippen LogP contribution >= 0.6 is 0 Å². The van der Waals surface area contributed by atoms with Crippen LogP contribution in [0, 0.1) is 0 Å². The smallest absolute Gasteiger partial charge is 0.407 e. The fourth-order valence-corrected chi connectivity index (χ4v) is 2.77. The molecule has 3 aromatic carbocycles. The van der Waals surface area contributed by atoms with Crippen LogP contribution in [0.3, 0.4) is 0 Å². The molecule has 0 saturated carbocycles. The predicted octanol–water partition coefficient (Wildman–Crippen LogP) is 4.93. The molecule has 0 aliphatic carbocycles. The summed E-state index contributed by atoms with van der Waals surface area (Å²) in [6, 6.07) is 27.5. The molecule has 0 spiro atoms. The third kappa shape index (κ3) is 5.54. The van der Waals surface area contributed by atoms with Gasteiger partial charge in [0.15, 0.2) is 5.78 Å². The van der Waals surface area contributed by atoms with E-state index >= 15 is 0 Å². The van der Waals surface area contributed by atoms with Crippen LogP contribution < -0.4 is 5.32 Å². The molecule has 0 aromatic heterocycles. The van der Waals surface area contributed by atoms with Crippen molar-refractivity contribution in [3.63, 3.8) is 0 Å². The molecular formula is C23H21NO3. The minimum Gasteiger partial charge on any atom is -0.445 e. The highest BCUT2D eigenvalue weighted by Gasteiger charge is 2.20. The van der Waals surface area contributed by atoms with Gasteiger partial charge < -0.3 is 10.1 Å². The van der Waals surface area contributed by atoms with E-state index in [1.54, 1.807) is 12.1 Å². The van der Waals surface area contributed by atoms with Crippen LogP contribution in [0.15, 0.2) is 91.0 Å². The van der Waals surface area contributed by atoms with Gasteiger partial charge in [-0.25, -0.2) is 4.79 Å². The largest absolute Gasteiger partial charge is 0.445 e. The first-order chi connectivity index (χ1) is 13.2. The zero-order valence-electron chi connectivity index (χ0n) is 14.9. The Labute approximate surface area is 158 Å². The maximum absolute atomic E-state index is 12.6. The summed E-state index contributed by atoms with van der Waals surface area (Å²) in [5.74, 6) is -0.0344. The predicted molar refractivity (Wildman–Crippen MR) is 104 cm³/mol. The van der Waals surface area contributed by atoms with Crippen LogP contribution in [0.2, 0.25) is 0 Å². The van der Waals surface area contributed by atoms with E-state index in [4.69, 9.17) is 4.74 Å². The molecule has 0 fully saturated rings. The lowest BCUT2D eigenvalue weighted by Gasteiger charge is -2.18. The van der Waals surface area contributed by atoms with E-state index < -0.39 is 12.1 Å². The first kappa shape index (κ1) is 18.4. The molecule has 0 bridgehead atoms. The molecule has 136 valence electrons. The van der Waals surface area contributed by atoms with Gasteiger partial charge in [-0.1, -0.05) is 91.0 Å². The second kappa shape index (κ2) is 9.34. The summed E-state index contributed by atoms with van der Waals surface area (Å²) in [5, 5.41) is 2.82. The van der Waals surface area contributed by atoms with Crippen LogP contribution in [0.1, 0.15) is 33.9 Å². The molecule has 4 nitrogen and oxygen atoms in total. The van der Waals surface area contributed by atoms with Gasteiger partial charge in [0.1, 0.15) is 6.61 Å². The Kier molecular flexibility index (Phi) is 6.36. The van der Waals surface area contributed by atoms with Crippen molar-refractivity contribution in [1.29, 1.82) is 0 Å². The van der Waals surface area contributed by atoms with Crippen molar-refractivity contribution >= 4 is 11.9 Å². The zero-order chi connectivity index (χ0) is 18.9. The number of hydrogen-bond donors (Lipinski definition) is 1. The first-order valence-electron chi connectivity index (χ1n) is 8.83. The minimum absolute atomic E-state index is 0.0344. The summed E-state index contributed by atoms with van der Waals surface area (Å²) in [6.07, 6.45) is -0.386. The molecular weight excluding hydrogens is 338 g/mol. The van der Waals surface area contributed by atoms with Crippen LogP contribution in [0.4, 0.5) is 4.79 Å². The van der Waals surface area contributed by atoms with Crippen molar-refractivity contribution < 1.29 is 14.3 Å². The van der Waals surface area contributed by atoms with Crippen molar-refractivity contribution in [2.45, 2.75) is 19.1 Å². The third-order valence-electron chi connectivity index (χ3n) is 4.19. The molecule has 0 aliphatic rings. The monoisotopic (exact) mass is 359 g/mol. The van der Waals surface area contributed by atoms with Gasteiger partial charge >= 0.3 is 6.09 Å². The van der Waals surface area contributed by atoms with E-state index in [0.29, 0.717) is 5.56 Å². The van der Waals surface area contributed by atoms with Gasteiger partial charge in [0.2, 0.25) is 0 Å². The molecule has 3 aromatic rings. The summed E-state index contributed by atoms with van der Waals surface area (Å²) in [6.45, 7) is 0.181. The molecule has 1 N–H and O–H groups in total. The zero-order valence-corrected chi connectivity index (χ0v) is 14.9. The number of benzene rings is 3. The Balaban J connectivity index is 1.67. The van der Waals surface area contributed by atoms with Gasteiger partial charge in [-0.3, -0.25) is 4.79 Å². The molecule has 0 heterocycles. The van der Waals surface area contributed by atoms with Gasteiger partial charge in [-0.15, -0.1) is 0 Å². The second-order valence-electron chi connectivity index (χ2n) is 6.16. The maximum Gasteiger partial charge on any atom is 0.407 e. The first-order valence-corrected chi connectivity index (χ1v) is 8.83. The average Bonchev–Trinajstić information content (AvgIpc) is 2.74. The van der Waals surface area contributed by atoms with Gasteiger partial charge in [0.25, 0.3) is 0 Å². The number of ether oxygens (including phenoxy) is 1. The molecule has 0 radical (unpaired) electrons. The SMILES string of the molecule is O=C(NC(CC(=O)c1ccccc1)c1ccccc1)OCc1ccccc1. The standard InChI is InChI=1S/C23H21NO3/c25-22(20-14-8-3-9-15-20)16-21(19-12-6-2-7-13-19)24-23(26)27-17-18-10-4-1-5-11-18/h1-15,21H,16-17H2,(H,24,26). The summed E-state index contributed by atoms with van der Waals surface area (Å²) in [5.41, 5.74) is 2.39. The van der Waals surface area contributed by atoms with Crippen molar-refractivity contribution in [2.24, 2.45) is 0 Å². The van der Waals surface area contributed by atoms with Gasteiger partial charge in [-0.05, 0) is 11.1 Å². The number of carbonyl (C=O) groups is 2. The Bertz CT molecular complexity index is 864. The number of alkyl carbamates (subject to hydrolysis) is 1. The second-order valence-corrected chi connectivity index (χ2v) is 6.16. The highest BCUT2D eigenvalue weighted by Crippen LogP contribution is 2.19. The molecule has 27 heavy (non-hydrogen) atoms. The van der Waals surface area contributed by atoms with Crippen molar-refractivity contribution in [3.8, 4) is 0 Å². The molecule has 0 aliphatic heterocycles. The Morgan fingerprint density at radius 1 is 0.778 bits per heavy atom. The van der Waals surface area contributed by atoms with E-state index in [9.17, 15) is 9.59 Å². The summed E-state index contributed by atoms with van der Waals surface area (Å²) < 4.78 is 5.31. The lowest BCUT2D eigenvalue weighted by Crippen LogP contribution is -2.30. The van der Waals surface area contributed by atoms with E-state index in [0.717, 1.165) is 11.1 Å². The van der Waals surface area contributed by atoms with Crippen LogP contribution in [0.5, 0.6) is 0 Å². The van der Waals surface area contributed by atoms with Crippen molar-refractivity contribution in [3.05, 3.63) is 108 Å². The number of nitrogens with one attached hydrogen (secondary N) is 1. The van der Waals surface area contributed by atoms with Gasteiger partial charge in [0.05, 0.1) is 6.04 Å². The molecule has 1 amide bonds. The fraction of sp³-hybridized carbons (Fsp3) is 0.130. The molecule has 0 saturated heterocycles. The number of carbonyl (C=O) groups excluding carboxylic acids is 2. The van der Waals surface area contributed by atoms with Gasteiger partial charge in [0, 0.05) is 12.0 Å². The number of hydrogen-bond acceptors (Lipinski definition) is 3. The summed E-state index contributed by atoms with van der Waals surface area (Å²) in [4.78, 5) is 24.9. The Hall–Kier alpha value is -3.40. The highest BCUT2D eigenvalue weighted by molar-refractivity contribution is 5.96. The van der Waals surface area contributed by atoms with Crippen molar-refractivity contribution in [1.82, 2.24) is 5.32 Å². The van der Waals surface area contributed by atoms with Crippen LogP contribution in [0.25, 0.3) is 0 Å². The van der Waals surface area contributed by atoms with E-state index in [2.05, 4.69) is 5.32 Å². The summed E-state index contributed by atoms with van der Waals surface area (Å²) >= 11 is 0. The highest BCUT2D eigenvalue weighted by atomic mass is 16.5. The molecule has 3 rings (SSSR count). The van der Waals surface area contributed by atoms with Crippen LogP contribution in [-0.2, 0) is 11.3 Å². The van der Waals surface area contributed by atoms with Crippen LogP contribution in [-0.4, -0.2) is 11.9 Å². The van der Waals surface area contributed by atoms with E-state index in [1.165, 1.54) is 0 Å². The Morgan fingerprint density at radius 2 is 1.33 bits per heavy atom. The Morgan fingerprint density at radius 3 is 1.96 bits per heavy atom. The van der Waals surface area contributed by atoms with E-state index in [-0.39, 0.29) is 18.8 Å². The number of ketones is 1. The third-order valence-corrected chi connectivity index (χ3v) is 4.19. The molecule has 1 unspecified atom stereocenters. The minimum atomic E-state index is -0.548. The quantitative estimate of drug-likeness (QED) is 0.609. The fourth-order valence-electron chi connectivity index (χ4n) is 2.77. The number of rotatable bonds is 7. The van der Waals surface area contributed by atoms with E-state index in [1.807, 2.05) is 78.9 Å². The molecule has 4 heteroatoms. The number of Topliss-reactive ketones (excluding diaryl/α,β-unsaturated/α-hetero) is 1. The lowest BCUT2D eigenvalue weighted by molar-refractivity contribution is 0.0963. The summed E-state index contributed by atoms with van der Waals surface area (Å²) in [7, 11) is 0.